The number of hydrogen-bond donors (Lipinski definition) is 1. The third-order valence-electron chi connectivity index (χ3n) is 7.41. The SMILES string of the molecule is C=C(c1ccccc1)C12CCCC1CC(CCOCCCOCCCO)=C2c1ccccc1. The van der Waals surface area contributed by atoms with Crippen LogP contribution in [0.15, 0.2) is 72.8 Å². The largest absolute Gasteiger partial charge is 0.396 e. The van der Waals surface area contributed by atoms with Crippen LogP contribution in [0.5, 0.6) is 0 Å². The summed E-state index contributed by atoms with van der Waals surface area (Å²) in [6.45, 7) is 7.69. The van der Waals surface area contributed by atoms with Gasteiger partial charge in [-0.2, -0.15) is 0 Å². The zero-order valence-corrected chi connectivity index (χ0v) is 19.8. The van der Waals surface area contributed by atoms with Crippen molar-refractivity contribution in [1.82, 2.24) is 0 Å². The Kier molecular flexibility index (Phi) is 8.55. The molecule has 0 bridgehead atoms. The van der Waals surface area contributed by atoms with Crippen LogP contribution in [-0.4, -0.2) is 38.1 Å². The summed E-state index contributed by atoms with van der Waals surface area (Å²) in [6, 6.07) is 21.8. The van der Waals surface area contributed by atoms with Gasteiger partial charge >= 0.3 is 0 Å². The molecule has 0 radical (unpaired) electrons. The number of aliphatic hydroxyl groups is 1. The highest BCUT2D eigenvalue weighted by molar-refractivity contribution is 5.90. The summed E-state index contributed by atoms with van der Waals surface area (Å²) in [5.74, 6) is 0.635. The van der Waals surface area contributed by atoms with Crippen molar-refractivity contribution in [3.05, 3.63) is 83.9 Å². The van der Waals surface area contributed by atoms with E-state index in [0.717, 1.165) is 32.5 Å². The molecular formula is C30H38O3. The van der Waals surface area contributed by atoms with Crippen molar-refractivity contribution in [2.75, 3.05) is 33.0 Å². The number of aliphatic hydroxyl groups excluding tert-OH is 1. The van der Waals surface area contributed by atoms with E-state index in [4.69, 9.17) is 21.2 Å². The fraction of sp³-hybridized carbons (Fsp3) is 0.467. The average Bonchev–Trinajstić information content (AvgIpc) is 3.40. The molecule has 3 nitrogen and oxygen atoms in total. The van der Waals surface area contributed by atoms with Crippen molar-refractivity contribution in [3.8, 4) is 0 Å². The van der Waals surface area contributed by atoms with Gasteiger partial charge in [0, 0.05) is 31.8 Å². The number of ether oxygens (including phenoxy) is 2. The topological polar surface area (TPSA) is 38.7 Å². The summed E-state index contributed by atoms with van der Waals surface area (Å²) in [7, 11) is 0. The summed E-state index contributed by atoms with van der Waals surface area (Å²) in [4.78, 5) is 0. The van der Waals surface area contributed by atoms with Crippen LogP contribution in [0.1, 0.15) is 56.1 Å². The van der Waals surface area contributed by atoms with E-state index in [9.17, 15) is 0 Å². The molecule has 2 aromatic rings. The fourth-order valence-electron chi connectivity index (χ4n) is 5.97. The molecule has 0 aliphatic heterocycles. The first kappa shape index (κ1) is 23.9. The number of fused-ring (bicyclic) bond motifs is 1. The Bertz CT molecular complexity index is 918. The van der Waals surface area contributed by atoms with Crippen molar-refractivity contribution in [1.29, 1.82) is 0 Å². The lowest BCUT2D eigenvalue weighted by Gasteiger charge is -2.36. The van der Waals surface area contributed by atoms with Gasteiger partial charge in [-0.05, 0) is 66.7 Å². The van der Waals surface area contributed by atoms with E-state index < -0.39 is 0 Å². The van der Waals surface area contributed by atoms with Crippen LogP contribution in [0.25, 0.3) is 11.1 Å². The zero-order valence-electron chi connectivity index (χ0n) is 19.8. The Balaban J connectivity index is 1.50. The van der Waals surface area contributed by atoms with Crippen LogP contribution in [0.4, 0.5) is 0 Å². The lowest BCUT2D eigenvalue weighted by atomic mass is 9.66. The fourth-order valence-corrected chi connectivity index (χ4v) is 5.97. The molecule has 33 heavy (non-hydrogen) atoms. The standard InChI is InChI=1S/C30H38O3/c1-24(25-11-4-2-5-12-25)30-17-8-15-28(30)23-27(29(30)26-13-6-3-7-14-26)16-22-33-21-10-20-32-19-9-18-31/h2-7,11-14,28,31H,1,8-10,15-23H2. The maximum atomic E-state index is 8.81. The maximum absolute atomic E-state index is 8.81. The molecule has 2 aromatic carbocycles. The summed E-state index contributed by atoms with van der Waals surface area (Å²) in [5, 5.41) is 8.81. The van der Waals surface area contributed by atoms with Gasteiger partial charge < -0.3 is 14.6 Å². The summed E-state index contributed by atoms with van der Waals surface area (Å²) in [5.41, 5.74) is 7.04. The minimum Gasteiger partial charge on any atom is -0.396 e. The van der Waals surface area contributed by atoms with Crippen molar-refractivity contribution >= 4 is 11.1 Å². The predicted molar refractivity (Wildman–Crippen MR) is 136 cm³/mol. The average molecular weight is 447 g/mol. The number of hydrogen-bond acceptors (Lipinski definition) is 3. The highest BCUT2D eigenvalue weighted by Crippen LogP contribution is 2.66. The first-order valence-electron chi connectivity index (χ1n) is 12.6. The molecule has 0 heterocycles. The molecule has 1 fully saturated rings. The molecule has 0 amide bonds. The molecule has 0 spiro atoms. The summed E-state index contributed by atoms with van der Waals surface area (Å²) in [6.07, 6.45) is 7.47. The Hall–Kier alpha value is -2.20. The highest BCUT2D eigenvalue weighted by atomic mass is 16.5. The third-order valence-corrected chi connectivity index (χ3v) is 7.41. The Morgan fingerprint density at radius 2 is 1.58 bits per heavy atom. The minimum atomic E-state index is 0.0403. The predicted octanol–water partition coefficient (Wildman–Crippen LogP) is 6.54. The molecule has 3 heteroatoms. The first-order valence-corrected chi connectivity index (χ1v) is 12.6. The molecular weight excluding hydrogens is 408 g/mol. The number of benzene rings is 2. The van der Waals surface area contributed by atoms with E-state index in [1.165, 1.54) is 41.5 Å². The van der Waals surface area contributed by atoms with Gasteiger partial charge in [-0.1, -0.05) is 79.2 Å². The lowest BCUT2D eigenvalue weighted by Crippen LogP contribution is -2.24. The van der Waals surface area contributed by atoms with Crippen molar-refractivity contribution in [2.45, 2.75) is 44.9 Å². The number of rotatable bonds is 13. The maximum Gasteiger partial charge on any atom is 0.0503 e. The van der Waals surface area contributed by atoms with Gasteiger partial charge in [0.05, 0.1) is 6.61 Å². The van der Waals surface area contributed by atoms with E-state index in [2.05, 4.69) is 60.7 Å². The molecule has 2 unspecified atom stereocenters. The van der Waals surface area contributed by atoms with Crippen LogP contribution in [0, 0.1) is 11.3 Å². The van der Waals surface area contributed by atoms with Crippen molar-refractivity contribution in [2.24, 2.45) is 11.3 Å². The van der Waals surface area contributed by atoms with Gasteiger partial charge in [0.25, 0.3) is 0 Å². The molecule has 1 N–H and O–H groups in total. The molecule has 2 aliphatic carbocycles. The van der Waals surface area contributed by atoms with Crippen molar-refractivity contribution in [3.63, 3.8) is 0 Å². The zero-order chi connectivity index (χ0) is 22.9. The second-order valence-corrected chi connectivity index (χ2v) is 9.36. The van der Waals surface area contributed by atoms with Gasteiger partial charge in [0.15, 0.2) is 0 Å². The molecule has 176 valence electrons. The van der Waals surface area contributed by atoms with E-state index in [1.807, 2.05) is 0 Å². The Morgan fingerprint density at radius 3 is 2.30 bits per heavy atom. The smallest absolute Gasteiger partial charge is 0.0503 e. The van der Waals surface area contributed by atoms with Crippen LogP contribution in [-0.2, 0) is 9.47 Å². The van der Waals surface area contributed by atoms with Crippen LogP contribution < -0.4 is 0 Å². The normalized spacial score (nSPS) is 22.0. The van der Waals surface area contributed by atoms with E-state index in [0.29, 0.717) is 25.6 Å². The van der Waals surface area contributed by atoms with Gasteiger partial charge in [0.2, 0.25) is 0 Å². The van der Waals surface area contributed by atoms with Crippen LogP contribution >= 0.6 is 0 Å². The second-order valence-electron chi connectivity index (χ2n) is 9.36. The molecule has 0 aromatic heterocycles. The highest BCUT2D eigenvalue weighted by Gasteiger charge is 2.52. The molecule has 1 saturated carbocycles. The molecule has 2 atom stereocenters. The van der Waals surface area contributed by atoms with E-state index in [1.54, 1.807) is 5.57 Å². The van der Waals surface area contributed by atoms with Gasteiger partial charge in [-0.25, -0.2) is 0 Å². The minimum absolute atomic E-state index is 0.0403. The van der Waals surface area contributed by atoms with Crippen LogP contribution in [0.2, 0.25) is 0 Å². The van der Waals surface area contributed by atoms with Gasteiger partial charge in [0.1, 0.15) is 0 Å². The molecule has 0 saturated heterocycles. The number of allylic oxidation sites excluding steroid dienone is 2. The first-order chi connectivity index (χ1) is 16.3. The van der Waals surface area contributed by atoms with Gasteiger partial charge in [-0.3, -0.25) is 0 Å². The van der Waals surface area contributed by atoms with Gasteiger partial charge in [-0.15, -0.1) is 0 Å². The quantitative estimate of drug-likeness (QED) is 0.355. The molecule has 2 aliphatic rings. The second kappa shape index (κ2) is 11.8. The monoisotopic (exact) mass is 446 g/mol. The Labute approximate surface area is 199 Å². The Morgan fingerprint density at radius 1 is 0.909 bits per heavy atom. The van der Waals surface area contributed by atoms with E-state index in [-0.39, 0.29) is 12.0 Å². The third kappa shape index (κ3) is 5.32. The summed E-state index contributed by atoms with van der Waals surface area (Å²) >= 11 is 0. The van der Waals surface area contributed by atoms with Crippen LogP contribution in [0.3, 0.4) is 0 Å². The lowest BCUT2D eigenvalue weighted by molar-refractivity contribution is 0.0771. The van der Waals surface area contributed by atoms with E-state index >= 15 is 0 Å². The molecule has 4 rings (SSSR count). The van der Waals surface area contributed by atoms with Crippen molar-refractivity contribution < 1.29 is 14.6 Å². The summed E-state index contributed by atoms with van der Waals surface area (Å²) < 4.78 is 11.5.